The van der Waals surface area contributed by atoms with Gasteiger partial charge in [-0.25, -0.2) is 9.67 Å². The lowest BCUT2D eigenvalue weighted by atomic mass is 9.84. The maximum absolute atomic E-state index is 13.4. The molecule has 2 bridgehead atoms. The van der Waals surface area contributed by atoms with Gasteiger partial charge in [0.25, 0.3) is 5.91 Å². The molecule has 0 spiro atoms. The molecule has 222 valence electrons. The van der Waals surface area contributed by atoms with Crippen molar-refractivity contribution >= 4 is 17.7 Å². The van der Waals surface area contributed by atoms with Gasteiger partial charge in [-0.2, -0.15) is 5.10 Å². The third-order valence-corrected chi connectivity index (χ3v) is 7.75. The van der Waals surface area contributed by atoms with Crippen LogP contribution in [0, 0.1) is 11.8 Å². The van der Waals surface area contributed by atoms with Gasteiger partial charge in [0.1, 0.15) is 6.61 Å². The van der Waals surface area contributed by atoms with Gasteiger partial charge in [0.15, 0.2) is 23.1 Å². The molecule has 1 aliphatic carbocycles. The summed E-state index contributed by atoms with van der Waals surface area (Å²) in [6.45, 7) is 4.88. The van der Waals surface area contributed by atoms with Gasteiger partial charge in [-0.15, -0.1) is 0 Å². The highest BCUT2D eigenvalue weighted by Crippen LogP contribution is 2.30. The monoisotopic (exact) mass is 574 g/mol. The van der Waals surface area contributed by atoms with Crippen LogP contribution in [0.2, 0.25) is 0 Å². The van der Waals surface area contributed by atoms with E-state index in [0.717, 1.165) is 24.8 Å². The van der Waals surface area contributed by atoms with Crippen molar-refractivity contribution in [1.82, 2.24) is 30.3 Å². The minimum atomic E-state index is -0.462. The van der Waals surface area contributed by atoms with Crippen molar-refractivity contribution in [3.63, 3.8) is 0 Å². The standard InChI is InChI=1S/C31H38N6O5/c1-20(2)27-29-34-28(21-8-5-4-6-9-21)35-37(29)16-17-42-25-18-23(12-13-24(25)41-3)30(39)32-14-15-36(19-26(38)33-27)31(40)22-10-7-11-22/h4-6,8-9,12-13,18,20,22,27H,7,10-11,14-17,19H2,1-3H3,(H,32,39)(H,33,38)/t27-/m1/s1. The van der Waals surface area contributed by atoms with Crippen LogP contribution in [0.1, 0.15) is 55.3 Å². The number of methoxy groups -OCH3 is 1. The molecule has 1 atom stereocenters. The lowest BCUT2D eigenvalue weighted by molar-refractivity contribution is -0.141. The molecular weight excluding hydrogens is 536 g/mol. The van der Waals surface area contributed by atoms with Gasteiger partial charge in [0, 0.05) is 30.1 Å². The molecule has 0 saturated heterocycles. The normalized spacial score (nSPS) is 18.7. The second-order valence-electron chi connectivity index (χ2n) is 11.0. The topological polar surface area (TPSA) is 128 Å². The molecule has 3 aromatic rings. The summed E-state index contributed by atoms with van der Waals surface area (Å²) in [6.07, 6.45) is 2.64. The van der Waals surface area contributed by atoms with E-state index in [9.17, 15) is 14.4 Å². The van der Waals surface area contributed by atoms with Gasteiger partial charge in [0.05, 0.1) is 26.2 Å². The second-order valence-corrected chi connectivity index (χ2v) is 11.0. The molecule has 5 rings (SSSR count). The molecule has 1 aliphatic heterocycles. The van der Waals surface area contributed by atoms with Crippen LogP contribution in [0.25, 0.3) is 11.4 Å². The lowest BCUT2D eigenvalue weighted by Crippen LogP contribution is -2.48. The summed E-state index contributed by atoms with van der Waals surface area (Å²) in [5, 5.41) is 10.8. The van der Waals surface area contributed by atoms with E-state index >= 15 is 0 Å². The van der Waals surface area contributed by atoms with Gasteiger partial charge in [-0.05, 0) is 37.0 Å². The number of amides is 3. The molecule has 2 aliphatic rings. The Hall–Kier alpha value is -4.41. The number of benzene rings is 2. The van der Waals surface area contributed by atoms with Crippen LogP contribution in [-0.2, 0) is 16.1 Å². The molecule has 11 nitrogen and oxygen atoms in total. The summed E-state index contributed by atoms with van der Waals surface area (Å²) in [6, 6.07) is 14.2. The van der Waals surface area contributed by atoms with E-state index in [-0.39, 0.29) is 55.8 Å². The van der Waals surface area contributed by atoms with Crippen molar-refractivity contribution in [2.75, 3.05) is 33.4 Å². The van der Waals surface area contributed by atoms with E-state index in [0.29, 0.717) is 35.3 Å². The first-order chi connectivity index (χ1) is 20.3. The number of rotatable bonds is 4. The number of aromatic nitrogens is 3. The Balaban J connectivity index is 1.51. The lowest BCUT2D eigenvalue weighted by Gasteiger charge is -2.32. The molecular formula is C31H38N6O5. The van der Waals surface area contributed by atoms with Crippen molar-refractivity contribution in [2.45, 2.75) is 45.7 Å². The van der Waals surface area contributed by atoms with Gasteiger partial charge in [-0.1, -0.05) is 50.6 Å². The predicted molar refractivity (Wildman–Crippen MR) is 156 cm³/mol. The zero-order chi connectivity index (χ0) is 29.6. The minimum absolute atomic E-state index is 0.0182. The number of nitrogens with zero attached hydrogens (tertiary/aromatic N) is 4. The maximum Gasteiger partial charge on any atom is 0.251 e. The molecule has 0 unspecified atom stereocenters. The van der Waals surface area contributed by atoms with Crippen LogP contribution in [0.4, 0.5) is 0 Å². The smallest absolute Gasteiger partial charge is 0.251 e. The molecule has 2 N–H and O–H groups in total. The number of hydrogen-bond acceptors (Lipinski definition) is 7. The first-order valence-electron chi connectivity index (χ1n) is 14.5. The summed E-state index contributed by atoms with van der Waals surface area (Å²) in [4.78, 5) is 46.1. The van der Waals surface area contributed by atoms with Crippen LogP contribution in [0.15, 0.2) is 48.5 Å². The molecule has 2 aromatic carbocycles. The number of hydrogen-bond donors (Lipinski definition) is 2. The van der Waals surface area contributed by atoms with E-state index in [2.05, 4.69) is 10.6 Å². The highest BCUT2D eigenvalue weighted by atomic mass is 16.5. The Bertz CT molecular complexity index is 1420. The van der Waals surface area contributed by atoms with Crippen LogP contribution in [-0.4, -0.2) is 70.7 Å². The number of carbonyl (C=O) groups excluding carboxylic acids is 3. The number of ether oxygens (including phenoxy) is 2. The molecule has 11 heteroatoms. The average molecular weight is 575 g/mol. The largest absolute Gasteiger partial charge is 0.493 e. The van der Waals surface area contributed by atoms with Gasteiger partial charge in [0.2, 0.25) is 11.8 Å². The predicted octanol–water partition coefficient (Wildman–Crippen LogP) is 3.22. The number of carbonyl (C=O) groups is 3. The van der Waals surface area contributed by atoms with Crippen molar-refractivity contribution in [1.29, 1.82) is 0 Å². The molecule has 2 heterocycles. The third kappa shape index (κ3) is 6.56. The molecule has 42 heavy (non-hydrogen) atoms. The minimum Gasteiger partial charge on any atom is -0.493 e. The van der Waals surface area contributed by atoms with E-state index in [1.54, 1.807) is 34.9 Å². The maximum atomic E-state index is 13.4. The highest BCUT2D eigenvalue weighted by Gasteiger charge is 2.32. The van der Waals surface area contributed by atoms with E-state index in [1.807, 2.05) is 44.2 Å². The number of fused-ring (bicyclic) bond motifs is 3. The summed E-state index contributed by atoms with van der Waals surface area (Å²) in [5.41, 5.74) is 1.25. The number of nitrogens with one attached hydrogen (secondary N) is 2. The van der Waals surface area contributed by atoms with Crippen LogP contribution in [0.5, 0.6) is 11.5 Å². The van der Waals surface area contributed by atoms with E-state index in [1.165, 1.54) is 0 Å². The molecule has 1 fully saturated rings. The molecule has 0 radical (unpaired) electrons. The van der Waals surface area contributed by atoms with Crippen LogP contribution >= 0.6 is 0 Å². The van der Waals surface area contributed by atoms with Crippen LogP contribution in [0.3, 0.4) is 0 Å². The fraction of sp³-hybridized carbons (Fsp3) is 0.452. The highest BCUT2D eigenvalue weighted by molar-refractivity contribution is 5.95. The summed E-state index contributed by atoms with van der Waals surface area (Å²) in [7, 11) is 1.54. The first kappa shape index (κ1) is 29.1. The zero-order valence-corrected chi connectivity index (χ0v) is 24.3. The zero-order valence-electron chi connectivity index (χ0n) is 24.3. The second kappa shape index (κ2) is 13.1. The SMILES string of the molecule is COc1ccc2cc1OCCn1nc(-c3ccccc3)nc1[C@@H](C(C)C)NC(=O)CN(C(=O)C1CCC1)CCNC2=O. The van der Waals surface area contributed by atoms with Gasteiger partial charge >= 0.3 is 0 Å². The summed E-state index contributed by atoms with van der Waals surface area (Å²) >= 11 is 0. The van der Waals surface area contributed by atoms with E-state index < -0.39 is 6.04 Å². The van der Waals surface area contributed by atoms with Crippen molar-refractivity contribution < 1.29 is 23.9 Å². The third-order valence-electron chi connectivity index (χ3n) is 7.75. The van der Waals surface area contributed by atoms with Crippen molar-refractivity contribution in [3.8, 4) is 22.9 Å². The average Bonchev–Trinajstić information content (AvgIpc) is 3.37. The summed E-state index contributed by atoms with van der Waals surface area (Å²) < 4.78 is 13.3. The Morgan fingerprint density at radius 3 is 2.55 bits per heavy atom. The van der Waals surface area contributed by atoms with Gasteiger partial charge in [-0.3, -0.25) is 14.4 Å². The fourth-order valence-electron chi connectivity index (χ4n) is 5.14. The van der Waals surface area contributed by atoms with Crippen molar-refractivity contribution in [3.05, 3.63) is 59.9 Å². The first-order valence-corrected chi connectivity index (χ1v) is 14.5. The Morgan fingerprint density at radius 2 is 1.86 bits per heavy atom. The Kier molecular flexibility index (Phi) is 9.04. The van der Waals surface area contributed by atoms with Crippen molar-refractivity contribution in [2.24, 2.45) is 11.8 Å². The van der Waals surface area contributed by atoms with E-state index in [4.69, 9.17) is 19.6 Å². The summed E-state index contributed by atoms with van der Waals surface area (Å²) in [5.74, 6) is 1.31. The molecule has 1 aromatic heterocycles. The Morgan fingerprint density at radius 1 is 1.07 bits per heavy atom. The Labute approximate surface area is 245 Å². The molecule has 1 saturated carbocycles. The molecule has 3 amide bonds. The fourth-order valence-corrected chi connectivity index (χ4v) is 5.14. The van der Waals surface area contributed by atoms with Crippen LogP contribution < -0.4 is 20.1 Å². The van der Waals surface area contributed by atoms with Gasteiger partial charge < -0.3 is 25.0 Å². The quantitative estimate of drug-likeness (QED) is 0.490.